The van der Waals surface area contributed by atoms with Crippen molar-refractivity contribution in [3.05, 3.63) is 0 Å². The molecule has 0 aliphatic carbocycles. The molecule has 0 spiro atoms. The first-order valence-electron chi connectivity index (χ1n) is 3.65. The van der Waals surface area contributed by atoms with E-state index in [4.69, 9.17) is 25.8 Å². The van der Waals surface area contributed by atoms with Crippen molar-refractivity contribution in [3.8, 4) is 0 Å². The molecule has 0 amide bonds. The van der Waals surface area contributed by atoms with Crippen LogP contribution in [0.25, 0.3) is 0 Å². The average molecular weight is 216 g/mol. The molecule has 13 heavy (non-hydrogen) atoms. The first kappa shape index (κ1) is 13.1. The van der Waals surface area contributed by atoms with Gasteiger partial charge in [0.15, 0.2) is 6.29 Å². The maximum atomic E-state index is 9.20. The van der Waals surface area contributed by atoms with Crippen LogP contribution in [0, 0.1) is 0 Å². The van der Waals surface area contributed by atoms with E-state index in [0.717, 1.165) is 0 Å². The van der Waals surface area contributed by atoms with Crippen molar-refractivity contribution in [3.63, 3.8) is 0 Å². The van der Waals surface area contributed by atoms with E-state index in [-0.39, 0.29) is 19.0 Å². The smallest absolute Gasteiger partial charge is 0.184 e. The highest BCUT2D eigenvalue weighted by Gasteiger charge is 2.42. The van der Waals surface area contributed by atoms with E-state index >= 15 is 0 Å². The predicted octanol–water partition coefficient (Wildman–Crippen LogP) is -2.83. The Kier molecular flexibility index (Phi) is 5.08. The third-order valence-corrected chi connectivity index (χ3v) is 1.92. The van der Waals surface area contributed by atoms with Gasteiger partial charge in [0.2, 0.25) is 0 Å². The number of aliphatic hydroxyl groups is 4. The second kappa shape index (κ2) is 5.06. The molecular formula is C6H14ClNO5. The van der Waals surface area contributed by atoms with E-state index in [1.807, 2.05) is 0 Å². The SMILES string of the molecule is Cl.NC[C@H]1O[C@H](O)[C@@H](O)[C@@H](O)[C@@H]1O. The molecule has 1 aliphatic rings. The number of ether oxygens (including phenoxy) is 1. The summed E-state index contributed by atoms with van der Waals surface area (Å²) in [4.78, 5) is 0. The van der Waals surface area contributed by atoms with Gasteiger partial charge >= 0.3 is 0 Å². The van der Waals surface area contributed by atoms with Crippen LogP contribution in [0.5, 0.6) is 0 Å². The highest BCUT2D eigenvalue weighted by atomic mass is 35.5. The van der Waals surface area contributed by atoms with Crippen LogP contribution in [0.1, 0.15) is 0 Å². The normalized spacial score (nSPS) is 45.5. The van der Waals surface area contributed by atoms with Crippen molar-refractivity contribution in [2.75, 3.05) is 6.54 Å². The van der Waals surface area contributed by atoms with Crippen LogP contribution in [0.15, 0.2) is 0 Å². The largest absolute Gasteiger partial charge is 0.388 e. The maximum absolute atomic E-state index is 9.20. The summed E-state index contributed by atoms with van der Waals surface area (Å²) < 4.78 is 4.70. The quantitative estimate of drug-likeness (QED) is 0.322. The number of hydrogen-bond donors (Lipinski definition) is 5. The van der Waals surface area contributed by atoms with Gasteiger partial charge in [-0.05, 0) is 0 Å². The molecule has 0 saturated carbocycles. The monoisotopic (exact) mass is 215 g/mol. The van der Waals surface area contributed by atoms with Gasteiger partial charge in [0.25, 0.3) is 0 Å². The molecule has 6 nitrogen and oxygen atoms in total. The summed E-state index contributed by atoms with van der Waals surface area (Å²) in [5, 5.41) is 36.3. The van der Waals surface area contributed by atoms with Crippen molar-refractivity contribution in [1.82, 2.24) is 0 Å². The van der Waals surface area contributed by atoms with Crippen LogP contribution >= 0.6 is 12.4 Å². The van der Waals surface area contributed by atoms with Crippen LogP contribution in [-0.2, 0) is 4.74 Å². The van der Waals surface area contributed by atoms with Gasteiger partial charge in [0.05, 0.1) is 0 Å². The van der Waals surface area contributed by atoms with Crippen molar-refractivity contribution >= 4 is 12.4 Å². The predicted molar refractivity (Wildman–Crippen MR) is 45.2 cm³/mol. The molecule has 0 aromatic heterocycles. The molecular weight excluding hydrogens is 202 g/mol. The Bertz CT molecular complexity index is 155. The second-order valence-electron chi connectivity index (χ2n) is 2.77. The molecule has 0 bridgehead atoms. The Hall–Kier alpha value is 0.0500. The summed E-state index contributed by atoms with van der Waals surface area (Å²) in [6, 6.07) is 0. The average Bonchev–Trinajstić information content (AvgIpc) is 2.08. The fourth-order valence-electron chi connectivity index (χ4n) is 1.13. The molecule has 80 valence electrons. The lowest BCUT2D eigenvalue weighted by atomic mass is 9.99. The summed E-state index contributed by atoms with van der Waals surface area (Å²) in [5.74, 6) is 0. The summed E-state index contributed by atoms with van der Waals surface area (Å²) in [5.41, 5.74) is 5.17. The van der Waals surface area contributed by atoms with Crippen LogP contribution in [0.4, 0.5) is 0 Å². The third kappa shape index (κ3) is 2.50. The van der Waals surface area contributed by atoms with E-state index in [9.17, 15) is 5.11 Å². The number of nitrogens with two attached hydrogens (primary N) is 1. The minimum absolute atomic E-state index is 0. The molecule has 1 aliphatic heterocycles. The van der Waals surface area contributed by atoms with Gasteiger partial charge < -0.3 is 30.9 Å². The minimum atomic E-state index is -1.49. The zero-order chi connectivity index (χ0) is 9.30. The van der Waals surface area contributed by atoms with E-state index in [0.29, 0.717) is 0 Å². The Labute approximate surface area is 81.3 Å². The second-order valence-corrected chi connectivity index (χ2v) is 2.77. The van der Waals surface area contributed by atoms with Crippen molar-refractivity contribution in [2.45, 2.75) is 30.7 Å². The van der Waals surface area contributed by atoms with Gasteiger partial charge in [-0.25, -0.2) is 0 Å². The highest BCUT2D eigenvalue weighted by Crippen LogP contribution is 2.18. The fourth-order valence-corrected chi connectivity index (χ4v) is 1.13. The Balaban J connectivity index is 0.00000144. The Morgan fingerprint density at radius 3 is 2.00 bits per heavy atom. The zero-order valence-electron chi connectivity index (χ0n) is 6.78. The summed E-state index contributed by atoms with van der Waals surface area (Å²) >= 11 is 0. The van der Waals surface area contributed by atoms with E-state index in [2.05, 4.69) is 0 Å². The summed E-state index contributed by atoms with van der Waals surface area (Å²) in [6.45, 7) is -0.0258. The molecule has 0 aromatic rings. The fraction of sp³-hybridized carbons (Fsp3) is 1.00. The van der Waals surface area contributed by atoms with Crippen LogP contribution in [-0.4, -0.2) is 57.7 Å². The van der Waals surface area contributed by atoms with E-state index in [1.165, 1.54) is 0 Å². The van der Waals surface area contributed by atoms with Crippen molar-refractivity contribution in [1.29, 1.82) is 0 Å². The third-order valence-electron chi connectivity index (χ3n) is 1.92. The molecule has 6 N–H and O–H groups in total. The topological polar surface area (TPSA) is 116 Å². The first-order chi connectivity index (χ1) is 5.57. The molecule has 0 aromatic carbocycles. The number of rotatable bonds is 1. The van der Waals surface area contributed by atoms with Crippen molar-refractivity contribution < 1.29 is 25.2 Å². The Morgan fingerprint density at radius 1 is 1.00 bits per heavy atom. The van der Waals surface area contributed by atoms with Crippen LogP contribution in [0.2, 0.25) is 0 Å². The molecule has 5 atom stereocenters. The van der Waals surface area contributed by atoms with Crippen molar-refractivity contribution in [2.24, 2.45) is 5.73 Å². The minimum Gasteiger partial charge on any atom is -0.388 e. The molecule has 1 saturated heterocycles. The first-order valence-corrected chi connectivity index (χ1v) is 3.65. The lowest BCUT2D eigenvalue weighted by Gasteiger charge is -2.37. The van der Waals surface area contributed by atoms with Gasteiger partial charge in [-0.3, -0.25) is 0 Å². The maximum Gasteiger partial charge on any atom is 0.184 e. The van der Waals surface area contributed by atoms with E-state index < -0.39 is 30.7 Å². The number of hydrogen-bond acceptors (Lipinski definition) is 6. The molecule has 1 rings (SSSR count). The molecule has 0 unspecified atom stereocenters. The van der Waals surface area contributed by atoms with Gasteiger partial charge in [-0.2, -0.15) is 0 Å². The lowest BCUT2D eigenvalue weighted by Crippen LogP contribution is -2.59. The zero-order valence-corrected chi connectivity index (χ0v) is 7.59. The van der Waals surface area contributed by atoms with E-state index in [1.54, 1.807) is 0 Å². The molecule has 0 radical (unpaired) electrons. The molecule has 1 heterocycles. The van der Waals surface area contributed by atoms with Gasteiger partial charge in [-0.15, -0.1) is 12.4 Å². The van der Waals surface area contributed by atoms with Gasteiger partial charge in [0, 0.05) is 6.54 Å². The van der Waals surface area contributed by atoms with Crippen LogP contribution < -0.4 is 5.73 Å². The summed E-state index contributed by atoms with van der Waals surface area (Å²) in [7, 11) is 0. The van der Waals surface area contributed by atoms with Gasteiger partial charge in [0.1, 0.15) is 24.4 Å². The summed E-state index contributed by atoms with van der Waals surface area (Å²) in [6.07, 6.45) is -6.48. The van der Waals surface area contributed by atoms with Crippen LogP contribution in [0.3, 0.4) is 0 Å². The number of aliphatic hydroxyl groups excluding tert-OH is 4. The molecule has 1 fully saturated rings. The standard InChI is InChI=1S/C6H13NO5.ClH/c7-1-2-3(8)4(9)5(10)6(11)12-2;/h2-6,8-11H,1,7H2;1H/t2-,3-,4+,5+,6+;/m1./s1. The Morgan fingerprint density at radius 2 is 1.54 bits per heavy atom. The number of halogens is 1. The highest BCUT2D eigenvalue weighted by molar-refractivity contribution is 5.85. The molecule has 7 heteroatoms. The van der Waals surface area contributed by atoms with Gasteiger partial charge in [-0.1, -0.05) is 0 Å². The lowest BCUT2D eigenvalue weighted by molar-refractivity contribution is -0.279.